The molecule has 3 fully saturated rings. The molecule has 9 nitrogen and oxygen atoms in total. The highest BCUT2D eigenvalue weighted by Gasteiger charge is 2.51. The Hall–Kier alpha value is -1.86. The minimum atomic E-state index is -4.72. The van der Waals surface area contributed by atoms with Gasteiger partial charge in [0.2, 0.25) is 11.8 Å². The van der Waals surface area contributed by atoms with Crippen molar-refractivity contribution in [2.45, 2.75) is 82.1 Å². The van der Waals surface area contributed by atoms with Crippen molar-refractivity contribution in [1.82, 2.24) is 16.2 Å². The fourth-order valence-corrected chi connectivity index (χ4v) is 4.83. The zero-order valence-electron chi connectivity index (χ0n) is 18.3. The van der Waals surface area contributed by atoms with E-state index in [2.05, 4.69) is 40.5 Å². The number of carbonyl (C=O) groups is 3. The Balaban J connectivity index is 1.33. The number of hydrogen-bond donors (Lipinski definition) is 3. The lowest BCUT2D eigenvalue weighted by Gasteiger charge is -2.34. The van der Waals surface area contributed by atoms with Gasteiger partial charge in [-0.3, -0.25) is 25.2 Å². The Morgan fingerprint density at radius 1 is 1.00 bits per heavy atom. The zero-order chi connectivity index (χ0) is 23.7. The zero-order valence-corrected chi connectivity index (χ0v) is 19.3. The van der Waals surface area contributed by atoms with E-state index in [-0.39, 0.29) is 25.0 Å². The van der Waals surface area contributed by atoms with Crippen LogP contribution in [0.1, 0.15) is 25.7 Å². The molecule has 0 spiro atoms. The highest BCUT2D eigenvalue weighted by Crippen LogP contribution is 2.39. The molecule has 1 aliphatic carbocycles. The smallest absolute Gasteiger partial charge is 0.450 e. The molecule has 182 valence electrons. The van der Waals surface area contributed by atoms with Gasteiger partial charge in [-0.05, 0) is 31.7 Å². The van der Waals surface area contributed by atoms with Crippen LogP contribution in [0.2, 0.25) is 25.7 Å². The normalized spacial score (nSPS) is 31.6. The second-order valence-corrected chi connectivity index (χ2v) is 15.4. The molecule has 4 atom stereocenters. The summed E-state index contributed by atoms with van der Waals surface area (Å²) >= 11 is 0. The third-order valence-corrected chi connectivity index (χ3v) is 7.72. The fourth-order valence-electron chi connectivity index (χ4n) is 4.11. The number of rotatable bonds is 7. The van der Waals surface area contributed by atoms with Gasteiger partial charge in [0.15, 0.2) is 0 Å². The van der Waals surface area contributed by atoms with Gasteiger partial charge in [0.05, 0.1) is 36.9 Å². The second-order valence-electron chi connectivity index (χ2n) is 9.82. The summed E-state index contributed by atoms with van der Waals surface area (Å²) in [5, 5.41) is 2.79. The summed E-state index contributed by atoms with van der Waals surface area (Å²) < 4.78 is 51.2. The van der Waals surface area contributed by atoms with Crippen molar-refractivity contribution in [3.05, 3.63) is 0 Å². The van der Waals surface area contributed by atoms with E-state index in [0.29, 0.717) is 19.4 Å². The summed E-state index contributed by atoms with van der Waals surface area (Å²) in [5.41, 5.74) is 4.59. The minimum absolute atomic E-state index is 0.0557. The largest absolute Gasteiger partial charge is 0.522 e. The van der Waals surface area contributed by atoms with Crippen LogP contribution >= 0.6 is 0 Å². The molecule has 2 bridgehead atoms. The van der Waals surface area contributed by atoms with E-state index in [9.17, 15) is 27.6 Å². The predicted octanol–water partition coefficient (Wildman–Crippen LogP) is 2.06. The molecular weight excluding hydrogens is 451 g/mol. The van der Waals surface area contributed by atoms with Crippen LogP contribution in [0.4, 0.5) is 18.0 Å². The van der Waals surface area contributed by atoms with Crippen molar-refractivity contribution in [2.75, 3.05) is 6.61 Å². The van der Waals surface area contributed by atoms with Crippen molar-refractivity contribution in [1.29, 1.82) is 0 Å². The Morgan fingerprint density at radius 3 is 2.22 bits per heavy atom. The van der Waals surface area contributed by atoms with Gasteiger partial charge < -0.3 is 14.8 Å². The van der Waals surface area contributed by atoms with Crippen LogP contribution < -0.4 is 16.2 Å². The SMILES string of the molecule is C[Si](C)(C)CCOC(=O)N[C@H]1C[C@H]2O[C@@H]1C[C@@H]2C(=O)NNC(=O)[C@H]1C[C@@H](OC(F)(F)F)C1. The Labute approximate surface area is 185 Å². The van der Waals surface area contributed by atoms with Crippen LogP contribution in [0.25, 0.3) is 0 Å². The van der Waals surface area contributed by atoms with Crippen LogP contribution in [0, 0.1) is 11.8 Å². The molecule has 0 unspecified atom stereocenters. The first-order valence-corrected chi connectivity index (χ1v) is 14.4. The van der Waals surface area contributed by atoms with Crippen molar-refractivity contribution in [2.24, 2.45) is 11.8 Å². The number of carbonyl (C=O) groups excluding carboxylic acids is 3. The number of hydrazine groups is 1. The first kappa shape index (κ1) is 24.8. The van der Waals surface area contributed by atoms with Crippen LogP contribution in [-0.4, -0.2) is 63.3 Å². The van der Waals surface area contributed by atoms with Crippen molar-refractivity contribution in [3.8, 4) is 0 Å². The van der Waals surface area contributed by atoms with E-state index >= 15 is 0 Å². The Morgan fingerprint density at radius 2 is 1.66 bits per heavy atom. The molecule has 3 N–H and O–H groups in total. The average molecular weight is 482 g/mol. The van der Waals surface area contributed by atoms with Crippen LogP contribution in [0.15, 0.2) is 0 Å². The monoisotopic (exact) mass is 481 g/mol. The van der Waals surface area contributed by atoms with Gasteiger partial charge in [-0.25, -0.2) is 4.79 Å². The summed E-state index contributed by atoms with van der Waals surface area (Å²) in [5.74, 6) is -2.10. The van der Waals surface area contributed by atoms with E-state index in [1.54, 1.807) is 0 Å². The number of ether oxygens (including phenoxy) is 3. The summed E-state index contributed by atoms with van der Waals surface area (Å²) in [4.78, 5) is 36.4. The fraction of sp³-hybridized carbons (Fsp3) is 0.842. The topological polar surface area (TPSA) is 115 Å². The summed E-state index contributed by atoms with van der Waals surface area (Å²) in [6.07, 6.45) is -6.23. The lowest BCUT2D eigenvalue weighted by molar-refractivity contribution is -0.353. The maximum Gasteiger partial charge on any atom is 0.522 e. The number of alkyl halides is 3. The molecule has 0 aromatic rings. The van der Waals surface area contributed by atoms with Crippen molar-refractivity contribution >= 4 is 26.0 Å². The molecule has 2 heterocycles. The van der Waals surface area contributed by atoms with E-state index < -0.39 is 56.4 Å². The van der Waals surface area contributed by atoms with E-state index in [1.165, 1.54) is 0 Å². The van der Waals surface area contributed by atoms with Gasteiger partial charge >= 0.3 is 12.5 Å². The van der Waals surface area contributed by atoms with E-state index in [0.717, 1.165) is 6.04 Å². The van der Waals surface area contributed by atoms with Gasteiger partial charge in [-0.1, -0.05) is 19.6 Å². The highest BCUT2D eigenvalue weighted by atomic mass is 28.3. The summed E-state index contributed by atoms with van der Waals surface area (Å²) in [6, 6.07) is 0.636. The van der Waals surface area contributed by atoms with Crippen LogP contribution in [0.3, 0.4) is 0 Å². The first-order valence-electron chi connectivity index (χ1n) is 10.7. The minimum Gasteiger partial charge on any atom is -0.450 e. The lowest BCUT2D eigenvalue weighted by atomic mass is 9.82. The highest BCUT2D eigenvalue weighted by molar-refractivity contribution is 6.76. The second kappa shape index (κ2) is 9.55. The number of halogens is 3. The molecule has 3 aliphatic rings. The quantitative estimate of drug-likeness (QED) is 0.379. The van der Waals surface area contributed by atoms with Crippen LogP contribution in [0.5, 0.6) is 0 Å². The number of alkyl carbamates (subject to hydrolysis) is 1. The van der Waals surface area contributed by atoms with E-state index in [1.807, 2.05) is 0 Å². The molecule has 0 aromatic heterocycles. The molecule has 0 aromatic carbocycles. The van der Waals surface area contributed by atoms with E-state index in [4.69, 9.17) is 9.47 Å². The standard InChI is InChI=1S/C19H30F3N3O6Si/c1-32(2,3)5-4-29-18(28)23-13-9-14-12(8-15(13)30-14)17(27)25-24-16(26)10-6-11(7-10)31-19(20,21)22/h10-15H,4-9H2,1-3H3,(H,23,28)(H,24,26)(H,25,27)/t10-,11+,12-,13-,14+,15+/m0/s1. The third-order valence-electron chi connectivity index (χ3n) is 6.02. The predicted molar refractivity (Wildman–Crippen MR) is 108 cm³/mol. The number of fused-ring (bicyclic) bond motifs is 2. The molecule has 13 heteroatoms. The molecule has 3 rings (SSSR count). The molecule has 0 radical (unpaired) electrons. The van der Waals surface area contributed by atoms with Crippen LogP contribution in [-0.2, 0) is 23.8 Å². The Bertz CT molecular complexity index is 726. The van der Waals surface area contributed by atoms with Gasteiger partial charge in [0.25, 0.3) is 0 Å². The molecular formula is C19H30F3N3O6Si. The molecule has 3 amide bonds. The maximum atomic E-state index is 12.4. The summed E-state index contributed by atoms with van der Waals surface area (Å²) in [7, 11) is -1.29. The van der Waals surface area contributed by atoms with Gasteiger partial charge in [-0.15, -0.1) is 13.2 Å². The molecule has 32 heavy (non-hydrogen) atoms. The van der Waals surface area contributed by atoms with Gasteiger partial charge in [0, 0.05) is 14.0 Å². The molecule has 1 saturated carbocycles. The van der Waals surface area contributed by atoms with Gasteiger partial charge in [0.1, 0.15) is 0 Å². The van der Waals surface area contributed by atoms with Crippen molar-refractivity contribution < 1.29 is 41.8 Å². The third kappa shape index (κ3) is 6.82. The number of amides is 3. The first-order chi connectivity index (χ1) is 14.8. The number of hydrogen-bond acceptors (Lipinski definition) is 6. The Kier molecular flexibility index (Phi) is 7.40. The summed E-state index contributed by atoms with van der Waals surface area (Å²) in [6.45, 7) is 6.95. The number of nitrogens with one attached hydrogen (secondary N) is 3. The molecule has 2 aliphatic heterocycles. The maximum absolute atomic E-state index is 12.4. The molecule has 2 saturated heterocycles. The van der Waals surface area contributed by atoms with Gasteiger partial charge in [-0.2, -0.15) is 0 Å². The van der Waals surface area contributed by atoms with Crippen molar-refractivity contribution in [3.63, 3.8) is 0 Å². The lowest BCUT2D eigenvalue weighted by Crippen LogP contribution is -2.52. The average Bonchev–Trinajstić information content (AvgIpc) is 3.20.